The van der Waals surface area contributed by atoms with E-state index in [-0.39, 0.29) is 0 Å². The van der Waals surface area contributed by atoms with Gasteiger partial charge in [-0.2, -0.15) is 0 Å². The molecule has 0 amide bonds. The highest BCUT2D eigenvalue weighted by molar-refractivity contribution is 5.55. The molecule has 3 atom stereocenters. The zero-order valence-corrected chi connectivity index (χ0v) is 12.3. The predicted octanol–water partition coefficient (Wildman–Crippen LogP) is 2.87. The van der Waals surface area contributed by atoms with Crippen molar-refractivity contribution >= 4 is 5.69 Å². The molecule has 110 valence electrons. The first-order chi connectivity index (χ1) is 9.60. The van der Waals surface area contributed by atoms with E-state index in [2.05, 4.69) is 11.0 Å². The molecule has 1 saturated carbocycles. The summed E-state index contributed by atoms with van der Waals surface area (Å²) in [6, 6.07) is 8.10. The quantitative estimate of drug-likeness (QED) is 0.872. The summed E-state index contributed by atoms with van der Waals surface area (Å²) < 4.78 is 0. The molecule has 1 aromatic rings. The Labute approximate surface area is 121 Å². The van der Waals surface area contributed by atoms with E-state index in [1.807, 2.05) is 25.1 Å². The lowest BCUT2D eigenvalue weighted by Gasteiger charge is -2.48. The molecule has 2 N–H and O–H groups in total. The van der Waals surface area contributed by atoms with Crippen molar-refractivity contribution in [3.63, 3.8) is 0 Å². The Morgan fingerprint density at radius 3 is 2.85 bits per heavy atom. The third-order valence-corrected chi connectivity index (χ3v) is 5.16. The van der Waals surface area contributed by atoms with Gasteiger partial charge in [0.2, 0.25) is 0 Å². The summed E-state index contributed by atoms with van der Waals surface area (Å²) in [4.78, 5) is 2.35. The van der Waals surface area contributed by atoms with Gasteiger partial charge in [0.05, 0.1) is 11.7 Å². The fourth-order valence-electron chi connectivity index (χ4n) is 3.92. The van der Waals surface area contributed by atoms with Gasteiger partial charge in [0, 0.05) is 30.3 Å². The van der Waals surface area contributed by atoms with Gasteiger partial charge in [0.1, 0.15) is 0 Å². The predicted molar refractivity (Wildman–Crippen MR) is 80.8 cm³/mol. The molecule has 3 rings (SSSR count). The number of aliphatic hydroxyl groups excluding tert-OH is 1. The van der Waals surface area contributed by atoms with Crippen LogP contribution in [-0.4, -0.2) is 28.9 Å². The van der Waals surface area contributed by atoms with Crippen LogP contribution < -0.4 is 4.90 Å². The number of para-hydroxylation sites is 1. The summed E-state index contributed by atoms with van der Waals surface area (Å²) in [6.07, 6.45) is 4.90. The van der Waals surface area contributed by atoms with Crippen molar-refractivity contribution in [2.75, 3.05) is 18.0 Å². The van der Waals surface area contributed by atoms with E-state index in [1.165, 1.54) is 6.42 Å². The van der Waals surface area contributed by atoms with Crippen LogP contribution in [0.3, 0.4) is 0 Å². The summed E-state index contributed by atoms with van der Waals surface area (Å²) in [5, 5.41) is 20.7. The number of hydrogen-bond acceptors (Lipinski definition) is 3. The molecule has 2 unspecified atom stereocenters. The largest absolute Gasteiger partial charge is 0.389 e. The maximum Gasteiger partial charge on any atom is 0.0781 e. The monoisotopic (exact) mass is 275 g/mol. The molecule has 0 aromatic heterocycles. The number of piperidine rings is 1. The summed E-state index contributed by atoms with van der Waals surface area (Å²) in [7, 11) is 0. The van der Waals surface area contributed by atoms with Crippen LogP contribution in [0.1, 0.15) is 50.7 Å². The number of fused-ring (bicyclic) bond motifs is 1. The highest BCUT2D eigenvalue weighted by Gasteiger charge is 2.43. The van der Waals surface area contributed by atoms with Gasteiger partial charge in [-0.05, 0) is 32.3 Å². The second-order valence-electron chi connectivity index (χ2n) is 6.48. The highest BCUT2D eigenvalue weighted by atomic mass is 16.3. The van der Waals surface area contributed by atoms with Crippen LogP contribution in [-0.2, 0) is 0 Å². The minimum atomic E-state index is -0.446. The van der Waals surface area contributed by atoms with Crippen molar-refractivity contribution in [2.24, 2.45) is 5.92 Å². The summed E-state index contributed by atoms with van der Waals surface area (Å²) >= 11 is 0. The molecule has 1 aliphatic heterocycles. The van der Waals surface area contributed by atoms with E-state index in [9.17, 15) is 10.2 Å². The molecule has 3 nitrogen and oxygen atoms in total. The van der Waals surface area contributed by atoms with E-state index in [1.54, 1.807) is 0 Å². The summed E-state index contributed by atoms with van der Waals surface area (Å²) in [5.41, 5.74) is 1.69. The van der Waals surface area contributed by atoms with E-state index in [0.717, 1.165) is 50.0 Å². The number of aliphatic hydroxyl groups is 2. The van der Waals surface area contributed by atoms with Crippen LogP contribution in [0.5, 0.6) is 0 Å². The molecule has 0 spiro atoms. The van der Waals surface area contributed by atoms with Crippen molar-refractivity contribution in [3.8, 4) is 0 Å². The number of anilines is 1. The standard InChI is InChI=1S/C17H25NO2/c1-13(19)15-7-2-3-8-16(15)18-11-10-17(20)9-5-4-6-14(17)12-18/h2-3,7-8,13-14,19-20H,4-6,9-12H2,1H3/t13-,14?,17?/m0/s1. The lowest BCUT2D eigenvalue weighted by Crippen LogP contribution is -2.53. The minimum Gasteiger partial charge on any atom is -0.389 e. The first kappa shape index (κ1) is 13.9. The van der Waals surface area contributed by atoms with Crippen molar-refractivity contribution in [3.05, 3.63) is 29.8 Å². The smallest absolute Gasteiger partial charge is 0.0781 e. The molecular weight excluding hydrogens is 250 g/mol. The van der Waals surface area contributed by atoms with Crippen LogP contribution in [0.4, 0.5) is 5.69 Å². The van der Waals surface area contributed by atoms with Crippen molar-refractivity contribution in [1.29, 1.82) is 0 Å². The zero-order valence-electron chi connectivity index (χ0n) is 12.3. The van der Waals surface area contributed by atoms with Gasteiger partial charge in [-0.15, -0.1) is 0 Å². The van der Waals surface area contributed by atoms with Gasteiger partial charge in [0.15, 0.2) is 0 Å². The highest BCUT2D eigenvalue weighted by Crippen LogP contribution is 2.41. The molecule has 1 aliphatic carbocycles. The Morgan fingerprint density at radius 2 is 2.05 bits per heavy atom. The summed E-state index contributed by atoms with van der Waals surface area (Å²) in [6.45, 7) is 3.62. The molecule has 20 heavy (non-hydrogen) atoms. The average Bonchev–Trinajstić information content (AvgIpc) is 2.46. The molecule has 0 bridgehead atoms. The van der Waals surface area contributed by atoms with Crippen LogP contribution in [0.15, 0.2) is 24.3 Å². The van der Waals surface area contributed by atoms with Gasteiger partial charge < -0.3 is 15.1 Å². The molecule has 1 aromatic carbocycles. The van der Waals surface area contributed by atoms with Crippen LogP contribution >= 0.6 is 0 Å². The Balaban J connectivity index is 1.83. The van der Waals surface area contributed by atoms with E-state index >= 15 is 0 Å². The second-order valence-corrected chi connectivity index (χ2v) is 6.48. The molecule has 2 aliphatic rings. The van der Waals surface area contributed by atoms with Crippen molar-refractivity contribution in [1.82, 2.24) is 0 Å². The van der Waals surface area contributed by atoms with Crippen LogP contribution in [0.2, 0.25) is 0 Å². The van der Waals surface area contributed by atoms with Crippen LogP contribution in [0, 0.1) is 5.92 Å². The fourth-order valence-corrected chi connectivity index (χ4v) is 3.92. The Morgan fingerprint density at radius 1 is 1.25 bits per heavy atom. The number of hydrogen-bond donors (Lipinski definition) is 2. The third-order valence-electron chi connectivity index (χ3n) is 5.16. The molecule has 1 heterocycles. The van der Waals surface area contributed by atoms with Crippen molar-refractivity contribution < 1.29 is 10.2 Å². The van der Waals surface area contributed by atoms with Gasteiger partial charge >= 0.3 is 0 Å². The number of rotatable bonds is 2. The fraction of sp³-hybridized carbons (Fsp3) is 0.647. The first-order valence-corrected chi connectivity index (χ1v) is 7.84. The SMILES string of the molecule is C[C@H](O)c1ccccc1N1CCC2(O)CCCCC2C1. The maximum atomic E-state index is 10.8. The van der Waals surface area contributed by atoms with Crippen molar-refractivity contribution in [2.45, 2.75) is 50.7 Å². The van der Waals surface area contributed by atoms with E-state index < -0.39 is 11.7 Å². The number of nitrogens with zero attached hydrogens (tertiary/aromatic N) is 1. The molecule has 1 saturated heterocycles. The first-order valence-electron chi connectivity index (χ1n) is 7.84. The van der Waals surface area contributed by atoms with Gasteiger partial charge in [0.25, 0.3) is 0 Å². The molecule has 0 radical (unpaired) electrons. The Bertz CT molecular complexity index is 474. The van der Waals surface area contributed by atoms with Gasteiger partial charge in [-0.25, -0.2) is 0 Å². The lowest BCUT2D eigenvalue weighted by atomic mass is 9.71. The number of benzene rings is 1. The minimum absolute atomic E-state index is 0.382. The third kappa shape index (κ3) is 2.45. The normalized spacial score (nSPS) is 31.8. The van der Waals surface area contributed by atoms with E-state index in [4.69, 9.17) is 0 Å². The molecular formula is C17H25NO2. The lowest BCUT2D eigenvalue weighted by molar-refractivity contribution is -0.0613. The van der Waals surface area contributed by atoms with Gasteiger partial charge in [-0.3, -0.25) is 0 Å². The second kappa shape index (κ2) is 5.38. The summed E-state index contributed by atoms with van der Waals surface area (Å²) in [5.74, 6) is 0.382. The molecule has 2 fully saturated rings. The molecule has 3 heteroatoms. The topological polar surface area (TPSA) is 43.7 Å². The maximum absolute atomic E-state index is 10.8. The van der Waals surface area contributed by atoms with E-state index in [0.29, 0.717) is 5.92 Å². The Kier molecular flexibility index (Phi) is 3.74. The van der Waals surface area contributed by atoms with Gasteiger partial charge in [-0.1, -0.05) is 31.0 Å². The Hall–Kier alpha value is -1.06. The van der Waals surface area contributed by atoms with Crippen LogP contribution in [0.25, 0.3) is 0 Å². The average molecular weight is 275 g/mol. The zero-order chi connectivity index (χ0) is 14.2.